The van der Waals surface area contributed by atoms with Crippen LogP contribution in [0.25, 0.3) is 0 Å². The van der Waals surface area contributed by atoms with Gasteiger partial charge in [-0.2, -0.15) is 11.8 Å². The first-order chi connectivity index (χ1) is 7.66. The van der Waals surface area contributed by atoms with E-state index in [1.807, 2.05) is 11.8 Å². The molecule has 2 unspecified atom stereocenters. The molecule has 0 aliphatic carbocycles. The van der Waals surface area contributed by atoms with Crippen molar-refractivity contribution >= 4 is 17.7 Å². The molecule has 0 saturated carbocycles. The molecule has 0 aromatic heterocycles. The van der Waals surface area contributed by atoms with Gasteiger partial charge in [-0.05, 0) is 34.1 Å². The molecule has 1 rings (SSSR count). The van der Waals surface area contributed by atoms with Gasteiger partial charge in [0, 0.05) is 10.5 Å². The Morgan fingerprint density at radius 2 is 2.06 bits per heavy atom. The highest BCUT2D eigenvalue weighted by Crippen LogP contribution is 2.45. The normalized spacial score (nSPS) is 27.8. The lowest BCUT2D eigenvalue weighted by Crippen LogP contribution is -2.32. The van der Waals surface area contributed by atoms with Gasteiger partial charge in [-0.1, -0.05) is 6.92 Å². The number of carbonyl (C=O) groups excluding carboxylic acids is 1. The molecule has 3 nitrogen and oxygen atoms in total. The highest BCUT2D eigenvalue weighted by Gasteiger charge is 2.46. The molecule has 1 aliphatic rings. The molecular formula is C13H24O3S. The third-order valence-corrected chi connectivity index (χ3v) is 4.76. The Morgan fingerprint density at radius 1 is 1.47 bits per heavy atom. The van der Waals surface area contributed by atoms with Gasteiger partial charge in [0.05, 0.1) is 24.7 Å². The third kappa shape index (κ3) is 4.18. The predicted octanol–water partition coefficient (Wildman–Crippen LogP) is 3.02. The average Bonchev–Trinajstić information content (AvgIpc) is 2.33. The van der Waals surface area contributed by atoms with E-state index >= 15 is 0 Å². The highest BCUT2D eigenvalue weighted by molar-refractivity contribution is 8.00. The van der Waals surface area contributed by atoms with Crippen molar-refractivity contribution in [1.82, 2.24) is 0 Å². The molecule has 0 N–H and O–H groups in total. The Bertz CT molecular complexity index is 286. The molecular weight excluding hydrogens is 236 g/mol. The van der Waals surface area contributed by atoms with Crippen LogP contribution in [-0.2, 0) is 14.3 Å². The van der Waals surface area contributed by atoms with Crippen molar-refractivity contribution in [2.75, 3.05) is 7.11 Å². The van der Waals surface area contributed by atoms with Crippen LogP contribution in [0.2, 0.25) is 0 Å². The van der Waals surface area contributed by atoms with Crippen LogP contribution in [-0.4, -0.2) is 34.8 Å². The molecule has 0 bridgehead atoms. The molecule has 0 aromatic carbocycles. The van der Waals surface area contributed by atoms with Crippen molar-refractivity contribution in [2.45, 2.75) is 69.2 Å². The number of rotatable bonds is 4. The summed E-state index contributed by atoms with van der Waals surface area (Å²) in [7, 11) is 1.44. The minimum atomic E-state index is -0.138. The van der Waals surface area contributed by atoms with Crippen molar-refractivity contribution in [3.05, 3.63) is 0 Å². The SMILES string of the molecule is COC(=O)CC(C)SC1CC(C)(C)OC1(C)C. The standard InChI is InChI=1S/C13H24O3S/c1-9(7-11(14)15-6)17-10-8-12(2,3)16-13(10,4)5/h9-10H,7-8H2,1-6H3. The topological polar surface area (TPSA) is 35.5 Å². The summed E-state index contributed by atoms with van der Waals surface area (Å²) >= 11 is 1.83. The molecule has 0 aromatic rings. The summed E-state index contributed by atoms with van der Waals surface area (Å²) < 4.78 is 10.7. The molecule has 1 saturated heterocycles. The molecule has 0 spiro atoms. The zero-order chi connectivity index (χ0) is 13.3. The molecule has 4 heteroatoms. The second-order valence-electron chi connectivity index (χ2n) is 5.88. The van der Waals surface area contributed by atoms with E-state index in [0.717, 1.165) is 6.42 Å². The summed E-state index contributed by atoms with van der Waals surface area (Å²) in [4.78, 5) is 11.2. The Hall–Kier alpha value is -0.220. The van der Waals surface area contributed by atoms with Crippen molar-refractivity contribution < 1.29 is 14.3 Å². The van der Waals surface area contributed by atoms with Crippen molar-refractivity contribution in [2.24, 2.45) is 0 Å². The van der Waals surface area contributed by atoms with Gasteiger partial charge in [0.15, 0.2) is 0 Å². The van der Waals surface area contributed by atoms with E-state index in [1.165, 1.54) is 7.11 Å². The van der Waals surface area contributed by atoms with E-state index in [9.17, 15) is 4.79 Å². The van der Waals surface area contributed by atoms with E-state index in [2.05, 4.69) is 34.6 Å². The molecule has 1 aliphatic heterocycles. The van der Waals surface area contributed by atoms with Crippen molar-refractivity contribution in [3.63, 3.8) is 0 Å². The van der Waals surface area contributed by atoms with E-state index in [0.29, 0.717) is 11.7 Å². The first-order valence-electron chi connectivity index (χ1n) is 6.09. The van der Waals surface area contributed by atoms with Crippen LogP contribution in [0.3, 0.4) is 0 Å². The van der Waals surface area contributed by atoms with Crippen LogP contribution in [0.15, 0.2) is 0 Å². The highest BCUT2D eigenvalue weighted by atomic mass is 32.2. The number of carbonyl (C=O) groups is 1. The lowest BCUT2D eigenvalue weighted by atomic mass is 10.0. The summed E-state index contributed by atoms with van der Waals surface area (Å²) in [5, 5.41) is 0.696. The number of ether oxygens (including phenoxy) is 2. The first kappa shape index (κ1) is 14.8. The lowest BCUT2D eigenvalue weighted by Gasteiger charge is -2.28. The summed E-state index contributed by atoms with van der Waals surface area (Å²) in [5.41, 5.74) is -0.190. The largest absolute Gasteiger partial charge is 0.469 e. The number of methoxy groups -OCH3 is 1. The van der Waals surface area contributed by atoms with Crippen LogP contribution in [0, 0.1) is 0 Å². The van der Waals surface area contributed by atoms with Crippen LogP contribution < -0.4 is 0 Å². The summed E-state index contributed by atoms with van der Waals surface area (Å²) in [5.74, 6) is -0.138. The second-order valence-corrected chi connectivity index (χ2v) is 7.53. The second kappa shape index (κ2) is 5.19. The maximum absolute atomic E-state index is 11.2. The van der Waals surface area contributed by atoms with Crippen molar-refractivity contribution in [3.8, 4) is 0 Å². The Labute approximate surface area is 109 Å². The molecule has 1 heterocycles. The third-order valence-electron chi connectivity index (χ3n) is 3.07. The monoisotopic (exact) mass is 260 g/mol. The van der Waals surface area contributed by atoms with Gasteiger partial charge >= 0.3 is 5.97 Å². The molecule has 0 amide bonds. The fourth-order valence-electron chi connectivity index (χ4n) is 2.37. The Kier molecular flexibility index (Phi) is 4.53. The minimum Gasteiger partial charge on any atom is -0.469 e. The maximum Gasteiger partial charge on any atom is 0.306 e. The van der Waals surface area contributed by atoms with Crippen LogP contribution in [0.5, 0.6) is 0 Å². The zero-order valence-electron chi connectivity index (χ0n) is 11.7. The molecule has 2 atom stereocenters. The average molecular weight is 260 g/mol. The van der Waals surface area contributed by atoms with Gasteiger partial charge < -0.3 is 9.47 Å². The molecule has 100 valence electrons. The smallest absolute Gasteiger partial charge is 0.306 e. The fraction of sp³-hybridized carbons (Fsp3) is 0.923. The predicted molar refractivity (Wildman–Crippen MR) is 71.3 cm³/mol. The van der Waals surface area contributed by atoms with E-state index in [-0.39, 0.29) is 22.4 Å². The quantitative estimate of drug-likeness (QED) is 0.728. The number of thioether (sulfide) groups is 1. The van der Waals surface area contributed by atoms with Crippen LogP contribution in [0.1, 0.15) is 47.5 Å². The number of hydrogen-bond donors (Lipinski definition) is 0. The minimum absolute atomic E-state index is 0.0633. The molecule has 0 radical (unpaired) electrons. The van der Waals surface area contributed by atoms with Gasteiger partial charge in [-0.3, -0.25) is 4.79 Å². The van der Waals surface area contributed by atoms with Gasteiger partial charge in [-0.15, -0.1) is 0 Å². The summed E-state index contributed by atoms with van der Waals surface area (Å²) in [6.07, 6.45) is 1.49. The summed E-state index contributed by atoms with van der Waals surface area (Å²) in [6, 6.07) is 0. The van der Waals surface area contributed by atoms with E-state index in [4.69, 9.17) is 9.47 Å². The first-order valence-corrected chi connectivity index (χ1v) is 7.03. The lowest BCUT2D eigenvalue weighted by molar-refractivity contribution is -0.140. The fourth-order valence-corrected chi connectivity index (χ4v) is 4.04. The van der Waals surface area contributed by atoms with Crippen molar-refractivity contribution in [1.29, 1.82) is 0 Å². The molecule has 1 fully saturated rings. The van der Waals surface area contributed by atoms with Gasteiger partial charge in [-0.25, -0.2) is 0 Å². The van der Waals surface area contributed by atoms with Crippen LogP contribution in [0.4, 0.5) is 0 Å². The van der Waals surface area contributed by atoms with Gasteiger partial charge in [0.1, 0.15) is 0 Å². The van der Waals surface area contributed by atoms with E-state index in [1.54, 1.807) is 0 Å². The number of esters is 1. The van der Waals surface area contributed by atoms with Gasteiger partial charge in [0.25, 0.3) is 0 Å². The van der Waals surface area contributed by atoms with Gasteiger partial charge in [0.2, 0.25) is 0 Å². The van der Waals surface area contributed by atoms with Crippen LogP contribution >= 0.6 is 11.8 Å². The Morgan fingerprint density at radius 3 is 2.47 bits per heavy atom. The summed E-state index contributed by atoms with van der Waals surface area (Å²) in [6.45, 7) is 10.6. The van der Waals surface area contributed by atoms with E-state index < -0.39 is 0 Å². The molecule has 17 heavy (non-hydrogen) atoms. The zero-order valence-corrected chi connectivity index (χ0v) is 12.5. The Balaban J connectivity index is 2.54. The number of hydrogen-bond acceptors (Lipinski definition) is 4. The maximum atomic E-state index is 11.2.